The molecular weight excluding hydrogens is 329 g/mol. The molecule has 1 heterocycles. The molecule has 0 spiro atoms. The Kier molecular flexibility index (Phi) is 4.02. The molecule has 1 atom stereocenters. The number of halogens is 2. The second-order valence-corrected chi connectivity index (χ2v) is 6.29. The molecule has 106 valence electrons. The summed E-state index contributed by atoms with van der Waals surface area (Å²) in [4.78, 5) is 4.55. The minimum absolute atomic E-state index is 0.109. The first-order chi connectivity index (χ1) is 10.1. The molecule has 0 amide bonds. The summed E-state index contributed by atoms with van der Waals surface area (Å²) < 4.78 is 13.9. The van der Waals surface area contributed by atoms with E-state index in [0.29, 0.717) is 5.39 Å². The topological polar surface area (TPSA) is 12.9 Å². The van der Waals surface area contributed by atoms with Crippen molar-refractivity contribution in [2.24, 2.45) is 0 Å². The Balaban J connectivity index is 1.96. The van der Waals surface area contributed by atoms with E-state index < -0.39 is 0 Å². The number of fused-ring (bicyclic) bond motifs is 1. The van der Waals surface area contributed by atoms with E-state index in [2.05, 4.69) is 27.0 Å². The summed E-state index contributed by atoms with van der Waals surface area (Å²) in [6.07, 6.45) is 2.65. The lowest BCUT2D eigenvalue weighted by molar-refractivity contribution is 0.639. The van der Waals surface area contributed by atoms with E-state index in [4.69, 9.17) is 0 Å². The number of pyridine rings is 1. The summed E-state index contributed by atoms with van der Waals surface area (Å²) in [5.74, 6) is -0.178. The van der Waals surface area contributed by atoms with Crippen molar-refractivity contribution in [2.45, 2.75) is 18.2 Å². The van der Waals surface area contributed by atoms with Gasteiger partial charge in [-0.2, -0.15) is 0 Å². The Morgan fingerprint density at radius 3 is 2.52 bits per heavy atom. The SMILES string of the molecule is Cc1ccc(CC(Br)c2ccc(F)c3ccccc23)nc1. The lowest BCUT2D eigenvalue weighted by Crippen LogP contribution is -1.99. The van der Waals surface area contributed by atoms with Crippen LogP contribution in [0.1, 0.15) is 21.6 Å². The van der Waals surface area contributed by atoms with Crippen molar-refractivity contribution in [3.8, 4) is 0 Å². The van der Waals surface area contributed by atoms with Crippen LogP contribution in [0.2, 0.25) is 0 Å². The smallest absolute Gasteiger partial charge is 0.131 e. The highest BCUT2D eigenvalue weighted by atomic mass is 79.9. The summed E-state index contributed by atoms with van der Waals surface area (Å²) in [6, 6.07) is 15.1. The summed E-state index contributed by atoms with van der Waals surface area (Å²) in [5.41, 5.74) is 3.27. The molecule has 0 saturated carbocycles. The van der Waals surface area contributed by atoms with Crippen LogP contribution in [0.15, 0.2) is 54.7 Å². The minimum Gasteiger partial charge on any atom is -0.261 e. The van der Waals surface area contributed by atoms with Crippen molar-refractivity contribution in [1.82, 2.24) is 4.98 Å². The fourth-order valence-corrected chi connectivity index (χ4v) is 3.20. The molecule has 1 nitrogen and oxygen atoms in total. The van der Waals surface area contributed by atoms with E-state index in [1.165, 1.54) is 6.07 Å². The average Bonchev–Trinajstić information content (AvgIpc) is 2.50. The van der Waals surface area contributed by atoms with Crippen molar-refractivity contribution in [3.05, 3.63) is 77.4 Å². The number of aryl methyl sites for hydroxylation is 1. The fourth-order valence-electron chi connectivity index (χ4n) is 2.47. The number of aromatic nitrogens is 1. The van der Waals surface area contributed by atoms with E-state index in [1.807, 2.05) is 49.5 Å². The van der Waals surface area contributed by atoms with Gasteiger partial charge in [0.2, 0.25) is 0 Å². The third-order valence-corrected chi connectivity index (χ3v) is 4.42. The summed E-state index contributed by atoms with van der Waals surface area (Å²) >= 11 is 3.72. The van der Waals surface area contributed by atoms with Gasteiger partial charge in [0.25, 0.3) is 0 Å². The van der Waals surface area contributed by atoms with Crippen LogP contribution in [-0.4, -0.2) is 4.98 Å². The zero-order valence-electron chi connectivity index (χ0n) is 11.7. The monoisotopic (exact) mass is 343 g/mol. The molecule has 3 aromatic rings. The predicted octanol–water partition coefficient (Wildman–Crippen LogP) is 5.36. The first kappa shape index (κ1) is 14.2. The molecule has 3 heteroatoms. The largest absolute Gasteiger partial charge is 0.261 e. The number of nitrogens with zero attached hydrogens (tertiary/aromatic N) is 1. The van der Waals surface area contributed by atoms with Crippen molar-refractivity contribution in [2.75, 3.05) is 0 Å². The van der Waals surface area contributed by atoms with Gasteiger partial charge in [-0.3, -0.25) is 4.98 Å². The predicted molar refractivity (Wildman–Crippen MR) is 88.3 cm³/mol. The zero-order valence-corrected chi connectivity index (χ0v) is 13.3. The van der Waals surface area contributed by atoms with Crippen molar-refractivity contribution >= 4 is 26.7 Å². The molecule has 0 aliphatic heterocycles. The van der Waals surface area contributed by atoms with E-state index in [0.717, 1.165) is 28.6 Å². The summed E-state index contributed by atoms with van der Waals surface area (Å²) in [5, 5.41) is 1.61. The van der Waals surface area contributed by atoms with E-state index in [9.17, 15) is 4.39 Å². The second-order valence-electron chi connectivity index (χ2n) is 5.18. The maximum absolute atomic E-state index is 13.9. The van der Waals surface area contributed by atoms with Crippen molar-refractivity contribution in [1.29, 1.82) is 0 Å². The molecular formula is C18H15BrFN. The molecule has 0 fully saturated rings. The maximum Gasteiger partial charge on any atom is 0.131 e. The summed E-state index contributed by atoms with van der Waals surface area (Å²) in [7, 11) is 0. The lowest BCUT2D eigenvalue weighted by Gasteiger charge is -2.13. The average molecular weight is 344 g/mol. The van der Waals surface area contributed by atoms with Crippen LogP contribution in [0.4, 0.5) is 4.39 Å². The Bertz CT molecular complexity index is 768. The van der Waals surface area contributed by atoms with E-state index in [1.54, 1.807) is 0 Å². The molecule has 0 radical (unpaired) electrons. The van der Waals surface area contributed by atoms with Crippen LogP contribution < -0.4 is 0 Å². The highest BCUT2D eigenvalue weighted by molar-refractivity contribution is 9.09. The molecule has 0 N–H and O–H groups in total. The molecule has 1 aromatic heterocycles. The van der Waals surface area contributed by atoms with Crippen LogP contribution in [0, 0.1) is 12.7 Å². The van der Waals surface area contributed by atoms with Gasteiger partial charge in [0, 0.05) is 28.5 Å². The first-order valence-electron chi connectivity index (χ1n) is 6.88. The minimum atomic E-state index is -0.178. The molecule has 0 bridgehead atoms. The van der Waals surface area contributed by atoms with Gasteiger partial charge in [-0.05, 0) is 35.6 Å². The number of alkyl halides is 1. The normalized spacial score (nSPS) is 12.5. The van der Waals surface area contributed by atoms with Crippen molar-refractivity contribution in [3.63, 3.8) is 0 Å². The lowest BCUT2D eigenvalue weighted by atomic mass is 9.99. The molecule has 0 aliphatic carbocycles. The van der Waals surface area contributed by atoms with Crippen LogP contribution >= 0.6 is 15.9 Å². The van der Waals surface area contributed by atoms with Gasteiger partial charge in [0.1, 0.15) is 5.82 Å². The summed E-state index contributed by atoms with van der Waals surface area (Å²) in [6.45, 7) is 2.02. The Hall–Kier alpha value is -1.74. The maximum atomic E-state index is 13.9. The van der Waals surface area contributed by atoms with Crippen LogP contribution in [-0.2, 0) is 6.42 Å². The van der Waals surface area contributed by atoms with Gasteiger partial charge in [0.15, 0.2) is 0 Å². The number of hydrogen-bond acceptors (Lipinski definition) is 1. The molecule has 21 heavy (non-hydrogen) atoms. The van der Waals surface area contributed by atoms with E-state index in [-0.39, 0.29) is 10.6 Å². The number of benzene rings is 2. The van der Waals surface area contributed by atoms with Gasteiger partial charge >= 0.3 is 0 Å². The van der Waals surface area contributed by atoms with Gasteiger partial charge in [-0.25, -0.2) is 4.39 Å². The third-order valence-electron chi connectivity index (χ3n) is 3.60. The fraction of sp³-hybridized carbons (Fsp3) is 0.167. The quantitative estimate of drug-likeness (QED) is 0.583. The second kappa shape index (κ2) is 5.94. The standard InChI is InChI=1S/C18H15BrFN/c1-12-6-7-13(21-11-12)10-17(19)15-8-9-18(20)16-5-3-2-4-14(15)16/h2-9,11,17H,10H2,1H3. The highest BCUT2D eigenvalue weighted by Crippen LogP contribution is 2.33. The van der Waals surface area contributed by atoms with Crippen LogP contribution in [0.25, 0.3) is 10.8 Å². The van der Waals surface area contributed by atoms with Crippen molar-refractivity contribution < 1.29 is 4.39 Å². The van der Waals surface area contributed by atoms with Crippen LogP contribution in [0.3, 0.4) is 0 Å². The molecule has 0 aliphatic rings. The number of rotatable bonds is 3. The Labute approximate surface area is 132 Å². The number of hydrogen-bond donors (Lipinski definition) is 0. The third kappa shape index (κ3) is 2.98. The molecule has 1 unspecified atom stereocenters. The molecule has 0 saturated heterocycles. The Morgan fingerprint density at radius 2 is 1.81 bits per heavy atom. The van der Waals surface area contributed by atoms with Gasteiger partial charge in [-0.1, -0.05) is 52.3 Å². The molecule has 3 rings (SSSR count). The van der Waals surface area contributed by atoms with E-state index >= 15 is 0 Å². The van der Waals surface area contributed by atoms with Gasteiger partial charge in [0.05, 0.1) is 0 Å². The highest BCUT2D eigenvalue weighted by Gasteiger charge is 2.14. The first-order valence-corrected chi connectivity index (χ1v) is 7.79. The zero-order chi connectivity index (χ0) is 14.8. The van der Waals surface area contributed by atoms with Crippen LogP contribution in [0.5, 0.6) is 0 Å². The van der Waals surface area contributed by atoms with Gasteiger partial charge < -0.3 is 0 Å². The Morgan fingerprint density at radius 1 is 1.05 bits per heavy atom. The van der Waals surface area contributed by atoms with Gasteiger partial charge in [-0.15, -0.1) is 0 Å². The molecule has 2 aromatic carbocycles.